The molecule has 10 heteroatoms. The Balaban J connectivity index is 1.55. The van der Waals surface area contributed by atoms with Crippen LogP contribution in [0.4, 0.5) is 0 Å². The minimum Gasteiger partial charge on any atom is -0.486 e. The summed E-state index contributed by atoms with van der Waals surface area (Å²) in [6.07, 6.45) is 1.68. The van der Waals surface area contributed by atoms with Crippen LogP contribution in [0.1, 0.15) is 16.2 Å². The summed E-state index contributed by atoms with van der Waals surface area (Å²) >= 11 is 0. The first-order valence-electron chi connectivity index (χ1n) is 8.11. The number of sulfonamides is 1. The number of hydrogen-bond donors (Lipinski definition) is 2. The number of imidazole rings is 1. The van der Waals surface area contributed by atoms with Crippen LogP contribution in [0.15, 0.2) is 47.5 Å². The van der Waals surface area contributed by atoms with Crippen LogP contribution in [0.25, 0.3) is 5.65 Å². The van der Waals surface area contributed by atoms with Gasteiger partial charge in [0.15, 0.2) is 11.5 Å². The zero-order chi connectivity index (χ0) is 19.0. The zero-order valence-electron chi connectivity index (χ0n) is 14.3. The molecule has 1 aliphatic rings. The highest BCUT2D eigenvalue weighted by Gasteiger charge is 2.22. The van der Waals surface area contributed by atoms with E-state index in [4.69, 9.17) is 9.47 Å². The third-order valence-corrected chi connectivity index (χ3v) is 5.29. The first kappa shape index (κ1) is 17.3. The van der Waals surface area contributed by atoms with Crippen molar-refractivity contribution in [2.75, 3.05) is 13.2 Å². The van der Waals surface area contributed by atoms with Gasteiger partial charge in [-0.3, -0.25) is 14.6 Å². The number of aromatic nitrogens is 2. The quantitative estimate of drug-likeness (QED) is 0.646. The number of hydrazine groups is 1. The van der Waals surface area contributed by atoms with E-state index in [-0.39, 0.29) is 10.6 Å². The molecular weight excluding hydrogens is 372 g/mol. The van der Waals surface area contributed by atoms with Gasteiger partial charge in [0, 0.05) is 12.3 Å². The van der Waals surface area contributed by atoms with Gasteiger partial charge in [-0.1, -0.05) is 6.07 Å². The second-order valence-corrected chi connectivity index (χ2v) is 7.52. The number of pyridine rings is 1. The number of aryl methyl sites for hydroxylation is 1. The van der Waals surface area contributed by atoms with Crippen LogP contribution in [0, 0.1) is 6.92 Å². The standard InChI is InChI=1S/C17H16N4O5S/c1-11-16(21-7-3-2-4-15(21)18-11)17(22)19-20-27(23,24)12-5-6-13-14(10-12)26-9-8-25-13/h2-7,10,20H,8-9H2,1H3,(H,19,22). The normalized spacial score (nSPS) is 13.5. The van der Waals surface area contributed by atoms with Crippen LogP contribution >= 0.6 is 0 Å². The first-order valence-corrected chi connectivity index (χ1v) is 9.59. The zero-order valence-corrected chi connectivity index (χ0v) is 15.1. The Hall–Kier alpha value is -3.11. The predicted octanol–water partition coefficient (Wildman–Crippen LogP) is 1.04. The van der Waals surface area contributed by atoms with Crippen LogP contribution in [-0.4, -0.2) is 36.9 Å². The molecule has 4 rings (SSSR count). The van der Waals surface area contributed by atoms with Crippen molar-refractivity contribution in [3.05, 3.63) is 54.0 Å². The average Bonchev–Trinajstić information content (AvgIpc) is 3.01. The monoisotopic (exact) mass is 388 g/mol. The highest BCUT2D eigenvalue weighted by atomic mass is 32.2. The fourth-order valence-corrected chi connectivity index (χ4v) is 3.66. The highest BCUT2D eigenvalue weighted by molar-refractivity contribution is 7.89. The molecule has 9 nitrogen and oxygen atoms in total. The molecule has 0 saturated heterocycles. The molecule has 2 aromatic heterocycles. The van der Waals surface area contributed by atoms with Gasteiger partial charge in [-0.15, -0.1) is 4.83 Å². The van der Waals surface area contributed by atoms with Gasteiger partial charge >= 0.3 is 0 Å². The lowest BCUT2D eigenvalue weighted by Gasteiger charge is -2.19. The smallest absolute Gasteiger partial charge is 0.285 e. The molecule has 3 heterocycles. The first-order chi connectivity index (χ1) is 13.0. The highest BCUT2D eigenvalue weighted by Crippen LogP contribution is 2.32. The second kappa shape index (κ2) is 6.56. The van der Waals surface area contributed by atoms with Crippen LogP contribution in [-0.2, 0) is 10.0 Å². The molecule has 0 unspecified atom stereocenters. The lowest BCUT2D eigenvalue weighted by molar-refractivity contribution is 0.0938. The number of nitrogens with one attached hydrogen (secondary N) is 2. The van der Waals surface area contributed by atoms with Gasteiger partial charge in [-0.2, -0.15) is 0 Å². The van der Waals surface area contributed by atoms with Gasteiger partial charge in [-0.05, 0) is 31.2 Å². The number of ether oxygens (including phenoxy) is 2. The third-order valence-electron chi connectivity index (χ3n) is 4.04. The van der Waals surface area contributed by atoms with Gasteiger partial charge < -0.3 is 9.47 Å². The van der Waals surface area contributed by atoms with Crippen molar-refractivity contribution in [2.45, 2.75) is 11.8 Å². The van der Waals surface area contributed by atoms with Gasteiger partial charge in [0.1, 0.15) is 24.6 Å². The largest absolute Gasteiger partial charge is 0.486 e. The molecule has 1 amide bonds. The van der Waals surface area contributed by atoms with E-state index < -0.39 is 15.9 Å². The molecule has 0 bridgehead atoms. The van der Waals surface area contributed by atoms with Crippen LogP contribution in [0.3, 0.4) is 0 Å². The summed E-state index contributed by atoms with van der Waals surface area (Å²) in [4.78, 5) is 18.8. The third kappa shape index (κ3) is 3.20. The van der Waals surface area contributed by atoms with Crippen molar-refractivity contribution >= 4 is 21.6 Å². The van der Waals surface area contributed by atoms with Crippen molar-refractivity contribution < 1.29 is 22.7 Å². The molecule has 27 heavy (non-hydrogen) atoms. The maximum absolute atomic E-state index is 12.5. The lowest BCUT2D eigenvalue weighted by Crippen LogP contribution is -2.42. The van der Waals surface area contributed by atoms with E-state index in [1.165, 1.54) is 18.2 Å². The summed E-state index contributed by atoms with van der Waals surface area (Å²) < 4.78 is 37.3. The van der Waals surface area contributed by atoms with E-state index in [9.17, 15) is 13.2 Å². The summed E-state index contributed by atoms with van der Waals surface area (Å²) in [5.41, 5.74) is 3.55. The lowest BCUT2D eigenvalue weighted by atomic mass is 10.3. The molecule has 0 radical (unpaired) electrons. The number of amides is 1. The van der Waals surface area contributed by atoms with E-state index in [0.717, 1.165) is 0 Å². The molecule has 140 valence electrons. The minimum atomic E-state index is -3.99. The van der Waals surface area contributed by atoms with E-state index >= 15 is 0 Å². The second-order valence-electron chi connectivity index (χ2n) is 5.84. The van der Waals surface area contributed by atoms with Crippen molar-refractivity contribution in [1.82, 2.24) is 19.6 Å². The summed E-state index contributed by atoms with van der Waals surface area (Å²) in [6.45, 7) is 2.43. The van der Waals surface area contributed by atoms with Crippen molar-refractivity contribution in [3.8, 4) is 11.5 Å². The molecule has 1 aliphatic heterocycles. The maximum Gasteiger partial charge on any atom is 0.285 e. The van der Waals surface area contributed by atoms with Gasteiger partial charge in [-0.25, -0.2) is 13.4 Å². The molecule has 0 spiro atoms. The Bertz CT molecular complexity index is 1140. The van der Waals surface area contributed by atoms with Gasteiger partial charge in [0.05, 0.1) is 10.6 Å². The average molecular weight is 388 g/mol. The Morgan fingerprint density at radius 2 is 1.93 bits per heavy atom. The fraction of sp³-hybridized carbons (Fsp3) is 0.176. The van der Waals surface area contributed by atoms with Crippen molar-refractivity contribution in [2.24, 2.45) is 0 Å². The number of carbonyl (C=O) groups is 1. The van der Waals surface area contributed by atoms with Crippen LogP contribution in [0.5, 0.6) is 11.5 Å². The minimum absolute atomic E-state index is 0.0538. The van der Waals surface area contributed by atoms with Crippen molar-refractivity contribution in [3.63, 3.8) is 0 Å². The predicted molar refractivity (Wildman–Crippen MR) is 95.1 cm³/mol. The Morgan fingerprint density at radius 3 is 2.74 bits per heavy atom. The summed E-state index contributed by atoms with van der Waals surface area (Å²) in [5.74, 6) is 0.200. The summed E-state index contributed by atoms with van der Waals surface area (Å²) in [5, 5.41) is 0. The van der Waals surface area contributed by atoms with Crippen LogP contribution < -0.4 is 19.7 Å². The van der Waals surface area contributed by atoms with E-state index in [0.29, 0.717) is 36.1 Å². The number of fused-ring (bicyclic) bond motifs is 2. The fourth-order valence-electron chi connectivity index (χ4n) is 2.81. The van der Waals surface area contributed by atoms with Gasteiger partial charge in [0.25, 0.3) is 15.9 Å². The molecule has 3 aromatic rings. The number of nitrogens with zero attached hydrogens (tertiary/aromatic N) is 2. The van der Waals surface area contributed by atoms with Gasteiger partial charge in [0.2, 0.25) is 0 Å². The molecular formula is C17H16N4O5S. The maximum atomic E-state index is 12.5. The van der Waals surface area contributed by atoms with E-state index in [1.807, 2.05) is 0 Å². The number of benzene rings is 1. The molecule has 0 aliphatic carbocycles. The summed E-state index contributed by atoms with van der Waals surface area (Å²) in [6, 6.07) is 9.55. The molecule has 0 atom stereocenters. The molecule has 0 saturated carbocycles. The SMILES string of the molecule is Cc1nc2ccccn2c1C(=O)NNS(=O)(=O)c1ccc2c(c1)OCCO2. The Kier molecular flexibility index (Phi) is 4.21. The van der Waals surface area contributed by atoms with E-state index in [1.54, 1.807) is 35.7 Å². The number of carbonyl (C=O) groups excluding carboxylic acids is 1. The Morgan fingerprint density at radius 1 is 1.15 bits per heavy atom. The molecule has 2 N–H and O–H groups in total. The number of rotatable bonds is 4. The summed E-state index contributed by atoms with van der Waals surface area (Å²) in [7, 11) is -3.99. The topological polar surface area (TPSA) is 111 Å². The van der Waals surface area contributed by atoms with Crippen LogP contribution in [0.2, 0.25) is 0 Å². The molecule has 1 aromatic carbocycles. The number of hydrogen-bond acceptors (Lipinski definition) is 6. The molecule has 0 fully saturated rings. The Labute approximate surface area is 154 Å². The van der Waals surface area contributed by atoms with E-state index in [2.05, 4.69) is 15.2 Å². The van der Waals surface area contributed by atoms with Crippen molar-refractivity contribution in [1.29, 1.82) is 0 Å².